The number of methoxy groups -OCH3 is 1. The second-order valence-corrected chi connectivity index (χ2v) is 21.3. The van der Waals surface area contributed by atoms with E-state index in [2.05, 4.69) is 36.1 Å². The zero-order valence-electron chi connectivity index (χ0n) is 43.6. The predicted octanol–water partition coefficient (Wildman–Crippen LogP) is -6.64. The molecular weight excluding hydrogens is 1050 g/mol. The summed E-state index contributed by atoms with van der Waals surface area (Å²) in [6.45, 7) is 6.48. The van der Waals surface area contributed by atoms with Gasteiger partial charge in [0.05, 0.1) is 49.7 Å². The number of ether oxygens (including phenoxy) is 2. The van der Waals surface area contributed by atoms with Crippen LogP contribution in [-0.2, 0) is 59.9 Å². The second kappa shape index (κ2) is 27.5. The van der Waals surface area contributed by atoms with Crippen LogP contribution in [0.25, 0.3) is 0 Å². The van der Waals surface area contributed by atoms with Gasteiger partial charge in [0.15, 0.2) is 11.5 Å². The average molecular weight is 1120 g/mol. The van der Waals surface area contributed by atoms with Crippen molar-refractivity contribution in [3.05, 3.63) is 23.8 Å². The summed E-state index contributed by atoms with van der Waals surface area (Å²) in [6, 6.07) is -9.13. The highest BCUT2D eigenvalue weighted by Crippen LogP contribution is 2.30. The van der Waals surface area contributed by atoms with E-state index in [-0.39, 0.29) is 12.1 Å². The molecule has 3 aliphatic heterocycles. The number of aliphatic hydroxyl groups excluding tert-OH is 6. The third-order valence-corrected chi connectivity index (χ3v) is 13.1. The largest absolute Gasteiger partial charge is 0.716 e. The Balaban J connectivity index is 1.86. The number of hydrogen-bond acceptors (Lipinski definition) is 22. The molecule has 0 saturated carbocycles. The quantitative estimate of drug-likeness (QED) is 0.0541. The number of phenolic OH excluding ortho intramolecular Hbond substituents is 1. The molecule has 13 atom stereocenters. The van der Waals surface area contributed by atoms with E-state index in [0.717, 1.165) is 34.9 Å². The molecule has 4 rings (SSSR count). The first-order chi connectivity index (χ1) is 35.8. The molecule has 434 valence electrons. The van der Waals surface area contributed by atoms with Crippen LogP contribution in [0.3, 0.4) is 0 Å². The van der Waals surface area contributed by atoms with Gasteiger partial charge in [0.2, 0.25) is 41.4 Å². The molecule has 0 bridgehead atoms. The van der Waals surface area contributed by atoms with E-state index in [1.807, 2.05) is 4.90 Å². The Morgan fingerprint density at radius 1 is 0.870 bits per heavy atom. The number of aromatic hydroxyl groups is 1. The normalized spacial score (nSPS) is 27.7. The molecule has 8 amide bonds. The lowest BCUT2D eigenvalue weighted by molar-refractivity contribution is -0.147. The summed E-state index contributed by atoms with van der Waals surface area (Å²) in [5.41, 5.74) is -1.27. The van der Waals surface area contributed by atoms with Crippen molar-refractivity contribution in [2.75, 3.05) is 60.0 Å². The summed E-state index contributed by atoms with van der Waals surface area (Å²) in [4.78, 5) is 116. The molecule has 0 aromatic heterocycles. The van der Waals surface area contributed by atoms with E-state index < -0.39 is 199 Å². The predicted molar refractivity (Wildman–Crippen MR) is 262 cm³/mol. The van der Waals surface area contributed by atoms with Gasteiger partial charge in [-0.1, -0.05) is 13.0 Å². The highest BCUT2D eigenvalue weighted by Gasteiger charge is 2.50. The molecule has 0 spiro atoms. The number of carbonyl (C=O) groups is 8. The standard InChI is InChI=1S/C46H73N9O21S/c1-22-20-55-37(38(22)63)42(67)48-19-25(57)16-27(49-45(70)75-46(3,4)5)39(64)50-34(23(2)56)43(68)54-21-26(58)17-28(54)40(65)51-35(30(60)14-24-8-9-29(59)32(15-24)76-77(71,72)73)41(66)52-36(44(55)69)31(61)18-33(62)47-10-11-53(6)12-13-74-7/h8-9,15,22-23,25-28,30-31,34-38,56-61,63H,10-14,16-21H2,1-7H3,(H,47,62)(H,48,67)(H,49,70)(H,50,64)(H,51,65)(H,52,66)(H,71,72,73)/p-1/t22-,23+,25+,26+,27?,28-,30+,31+,34?,35-,36-,37-,38-/m0/s1. The number of aliphatic hydroxyl groups is 6. The van der Waals surface area contributed by atoms with Gasteiger partial charge in [-0.3, -0.25) is 33.6 Å². The molecule has 31 heteroatoms. The molecule has 3 fully saturated rings. The fourth-order valence-corrected chi connectivity index (χ4v) is 9.07. The van der Waals surface area contributed by atoms with Crippen LogP contribution in [0.2, 0.25) is 0 Å². The van der Waals surface area contributed by atoms with E-state index in [1.54, 1.807) is 7.05 Å². The maximum absolute atomic E-state index is 14.8. The van der Waals surface area contributed by atoms with Crippen LogP contribution in [-0.4, -0.2) is 249 Å². The number of rotatable bonds is 16. The van der Waals surface area contributed by atoms with Crippen LogP contribution in [0, 0.1) is 5.92 Å². The lowest BCUT2D eigenvalue weighted by Crippen LogP contribution is -2.64. The van der Waals surface area contributed by atoms with E-state index in [1.165, 1.54) is 34.8 Å². The van der Waals surface area contributed by atoms with Gasteiger partial charge >= 0.3 is 6.09 Å². The van der Waals surface area contributed by atoms with Gasteiger partial charge in [-0.2, -0.15) is 0 Å². The van der Waals surface area contributed by atoms with E-state index >= 15 is 0 Å². The minimum absolute atomic E-state index is 0.0289. The number of nitrogens with one attached hydrogen (secondary N) is 6. The molecule has 0 aliphatic carbocycles. The van der Waals surface area contributed by atoms with Crippen LogP contribution in [0.15, 0.2) is 18.2 Å². The maximum Gasteiger partial charge on any atom is 0.408 e. The summed E-state index contributed by atoms with van der Waals surface area (Å²) in [5.74, 6) is -11.1. The number of alkyl carbamates (subject to hydrolysis) is 1. The first-order valence-corrected chi connectivity index (χ1v) is 25.9. The van der Waals surface area contributed by atoms with Crippen molar-refractivity contribution >= 4 is 57.8 Å². The first kappa shape index (κ1) is 63.5. The van der Waals surface area contributed by atoms with Crippen molar-refractivity contribution in [3.8, 4) is 11.5 Å². The molecule has 3 heterocycles. The highest BCUT2D eigenvalue weighted by atomic mass is 32.3. The lowest BCUT2D eigenvalue weighted by atomic mass is 9.98. The number of phenols is 1. The number of fused-ring (bicyclic) bond motifs is 2. The summed E-state index contributed by atoms with van der Waals surface area (Å²) >= 11 is 0. The molecule has 1 aromatic carbocycles. The molecule has 1 aromatic rings. The van der Waals surface area contributed by atoms with Crippen molar-refractivity contribution in [1.82, 2.24) is 46.6 Å². The zero-order chi connectivity index (χ0) is 57.9. The topological polar surface area (TPSA) is 445 Å². The molecular formula is C46H72N9O21S-. The smallest absolute Gasteiger partial charge is 0.408 e. The monoisotopic (exact) mass is 1120 g/mol. The SMILES string of the molecule is COCCN(C)CCNC(=O)C[C@@H](O)[C@@H]1NC(=O)[C@H]([C@H](O)Cc2ccc(O)c(OS(=O)(=O)[O-])c2)NC(=O)[C@@H]2C[C@@H](O)CN2C(=O)C([C@@H](C)O)NC(=O)C(NC(=O)OC(C)(C)C)C[C@@H](O)CNC(=O)[C@@H]2[C@@H](O)[C@@H](C)CN2C1=O. The molecule has 3 saturated heterocycles. The fraction of sp³-hybridized carbons (Fsp3) is 0.696. The Hall–Kier alpha value is -6.03. The third-order valence-electron chi connectivity index (χ3n) is 12.7. The fourth-order valence-electron chi connectivity index (χ4n) is 8.71. The van der Waals surface area contributed by atoms with Gasteiger partial charge in [0, 0.05) is 71.6 Å². The van der Waals surface area contributed by atoms with E-state index in [4.69, 9.17) is 9.47 Å². The molecule has 77 heavy (non-hydrogen) atoms. The molecule has 13 N–H and O–H groups in total. The Morgan fingerprint density at radius 3 is 2.13 bits per heavy atom. The van der Waals surface area contributed by atoms with Crippen molar-refractivity contribution in [1.29, 1.82) is 0 Å². The molecule has 3 aliphatic rings. The van der Waals surface area contributed by atoms with Gasteiger partial charge < -0.3 is 101 Å². The van der Waals surface area contributed by atoms with Gasteiger partial charge in [0.1, 0.15) is 41.9 Å². The van der Waals surface area contributed by atoms with Crippen LogP contribution >= 0.6 is 0 Å². The number of benzene rings is 1. The van der Waals surface area contributed by atoms with Crippen molar-refractivity contribution in [2.24, 2.45) is 5.92 Å². The van der Waals surface area contributed by atoms with Crippen LogP contribution in [0.4, 0.5) is 4.79 Å². The summed E-state index contributed by atoms with van der Waals surface area (Å²) in [6.07, 6.45) is -15.1. The zero-order valence-corrected chi connectivity index (χ0v) is 44.4. The summed E-state index contributed by atoms with van der Waals surface area (Å²) in [7, 11) is -2.24. The van der Waals surface area contributed by atoms with E-state index in [9.17, 15) is 87.1 Å². The summed E-state index contributed by atoms with van der Waals surface area (Å²) < 4.78 is 48.9. The van der Waals surface area contributed by atoms with E-state index in [0.29, 0.717) is 19.7 Å². The molecule has 2 unspecified atom stereocenters. The van der Waals surface area contributed by atoms with Crippen LogP contribution in [0.5, 0.6) is 11.5 Å². The van der Waals surface area contributed by atoms with Gasteiger partial charge in [-0.05, 0) is 52.4 Å². The lowest BCUT2D eigenvalue weighted by Gasteiger charge is -2.34. The first-order valence-electron chi connectivity index (χ1n) is 24.6. The Kier molecular flexibility index (Phi) is 22.7. The van der Waals surface area contributed by atoms with Gasteiger partial charge in [-0.15, -0.1) is 0 Å². The van der Waals surface area contributed by atoms with Crippen LogP contribution in [0.1, 0.15) is 59.4 Å². The van der Waals surface area contributed by atoms with Crippen LogP contribution < -0.4 is 36.1 Å². The minimum atomic E-state index is -5.48. The number of carbonyl (C=O) groups excluding carboxylic acids is 8. The number of nitrogens with zero attached hydrogens (tertiary/aromatic N) is 3. The Morgan fingerprint density at radius 2 is 1.51 bits per heavy atom. The number of β-amino-alcohol motifs (C(OH)–C–C–N with tert-alkyl or cyclic N) is 1. The minimum Gasteiger partial charge on any atom is -0.716 e. The van der Waals surface area contributed by atoms with Crippen molar-refractivity contribution < 1.29 is 101 Å². The van der Waals surface area contributed by atoms with Gasteiger partial charge in [-0.25, -0.2) is 13.2 Å². The molecule has 30 nitrogen and oxygen atoms in total. The average Bonchev–Trinajstić information content (AvgIpc) is 3.86. The highest BCUT2D eigenvalue weighted by molar-refractivity contribution is 7.81. The van der Waals surface area contributed by atoms with Crippen molar-refractivity contribution in [2.45, 2.75) is 139 Å². The third kappa shape index (κ3) is 18.6. The molecule has 0 radical (unpaired) electrons. The summed E-state index contributed by atoms with van der Waals surface area (Å²) in [5, 5.41) is 92.2. The number of likely N-dealkylation sites (N-methyl/N-ethyl adjacent to an activating group) is 1. The second-order valence-electron chi connectivity index (χ2n) is 20.3. The number of hydrogen-bond donors (Lipinski definition) is 13. The maximum atomic E-state index is 14.8. The Bertz CT molecular complexity index is 2390. The number of amides is 8. The van der Waals surface area contributed by atoms with Crippen molar-refractivity contribution in [3.63, 3.8) is 0 Å². The van der Waals surface area contributed by atoms with Gasteiger partial charge in [0.25, 0.3) is 10.4 Å². The Labute approximate surface area is 444 Å².